The van der Waals surface area contributed by atoms with Crippen molar-refractivity contribution in [3.05, 3.63) is 123 Å². The zero-order chi connectivity index (χ0) is 35.3. The van der Waals surface area contributed by atoms with E-state index in [0.717, 1.165) is 16.6 Å². The predicted molar refractivity (Wildman–Crippen MR) is 190 cm³/mol. The van der Waals surface area contributed by atoms with Crippen LogP contribution in [0.3, 0.4) is 0 Å². The highest BCUT2D eigenvalue weighted by molar-refractivity contribution is 7.90. The Morgan fingerprint density at radius 3 is 2.39 bits per heavy atom. The zero-order valence-corrected chi connectivity index (χ0v) is 28.9. The summed E-state index contributed by atoms with van der Waals surface area (Å²) in [5, 5.41) is 6.47. The molecular formula is C35H31Cl2N5O6S. The van der Waals surface area contributed by atoms with Crippen molar-refractivity contribution in [1.82, 2.24) is 15.0 Å². The van der Waals surface area contributed by atoms with Gasteiger partial charge in [-0.2, -0.15) is 0 Å². The minimum Gasteiger partial charge on any atom is -0.487 e. The van der Waals surface area contributed by atoms with Gasteiger partial charge in [-0.05, 0) is 68.4 Å². The van der Waals surface area contributed by atoms with Gasteiger partial charge in [-0.25, -0.2) is 22.9 Å². The quantitative estimate of drug-likeness (QED) is 0.147. The molecule has 3 N–H and O–H groups in total. The monoisotopic (exact) mass is 719 g/mol. The van der Waals surface area contributed by atoms with Crippen molar-refractivity contribution in [2.75, 3.05) is 23.8 Å². The molecule has 5 rings (SSSR count). The number of ether oxygens (including phenoxy) is 1. The Kier molecular flexibility index (Phi) is 10.7. The average molecular weight is 721 g/mol. The van der Waals surface area contributed by atoms with Crippen LogP contribution in [0.1, 0.15) is 27.2 Å². The third kappa shape index (κ3) is 8.47. The van der Waals surface area contributed by atoms with Crippen LogP contribution in [-0.2, 0) is 21.4 Å². The smallest absolute Gasteiger partial charge is 0.319 e. The number of anilines is 2. The topological polar surface area (TPSA) is 147 Å². The third-order valence-corrected chi connectivity index (χ3v) is 9.56. The summed E-state index contributed by atoms with van der Waals surface area (Å²) in [5.41, 5.74) is 3.41. The molecule has 0 saturated carbocycles. The van der Waals surface area contributed by atoms with Crippen molar-refractivity contribution < 1.29 is 27.5 Å². The first-order valence-electron chi connectivity index (χ1n) is 14.8. The lowest BCUT2D eigenvalue weighted by Crippen LogP contribution is -2.40. The van der Waals surface area contributed by atoms with Gasteiger partial charge in [0.05, 0.1) is 22.2 Å². The predicted octanol–water partition coefficient (Wildman–Crippen LogP) is 6.64. The fourth-order valence-corrected chi connectivity index (χ4v) is 6.32. The molecule has 5 aromatic rings. The van der Waals surface area contributed by atoms with Gasteiger partial charge in [0.2, 0.25) is 5.91 Å². The number of sulfonamides is 1. The lowest BCUT2D eigenvalue weighted by molar-refractivity contribution is -0.117. The standard InChI is InChI=1S/C35H31Cl2N5O6S/c1-21-10-14-26(15-11-21)49(46,47)41-34(44)24-7-4-8-25(18-24)40-35(45)38-19-31(43)42(3)29-17-16-28(36)27(32(29)37)20-48-30-9-5-6-23-13-12-22(2)39-33(23)30/h4-18H,19-20H2,1-3H3,(H,41,44)(H2,38,40,45). The highest BCUT2D eigenvalue weighted by Crippen LogP contribution is 2.35. The Bertz CT molecular complexity index is 2180. The van der Waals surface area contributed by atoms with Crippen LogP contribution in [0.4, 0.5) is 16.2 Å². The van der Waals surface area contributed by atoms with Crippen LogP contribution in [-0.4, -0.2) is 44.8 Å². The molecular weight excluding hydrogens is 689 g/mol. The number of fused-ring (bicyclic) bond motifs is 1. The molecule has 0 aliphatic heterocycles. The summed E-state index contributed by atoms with van der Waals surface area (Å²) in [6.07, 6.45) is 0. The minimum atomic E-state index is -4.11. The number of aryl methyl sites for hydroxylation is 2. The lowest BCUT2D eigenvalue weighted by Gasteiger charge is -2.21. The Morgan fingerprint density at radius 2 is 1.63 bits per heavy atom. The summed E-state index contributed by atoms with van der Waals surface area (Å²) >= 11 is 13.2. The molecule has 0 aliphatic rings. The Labute approximate surface area is 293 Å². The molecule has 252 valence electrons. The Morgan fingerprint density at radius 1 is 0.898 bits per heavy atom. The van der Waals surface area contributed by atoms with Gasteiger partial charge in [0.25, 0.3) is 15.9 Å². The number of nitrogens with zero attached hydrogens (tertiary/aromatic N) is 2. The van der Waals surface area contributed by atoms with Gasteiger partial charge in [0, 0.05) is 40.0 Å². The fraction of sp³-hybridized carbons (Fsp3) is 0.143. The van der Waals surface area contributed by atoms with Crippen LogP contribution in [0.25, 0.3) is 10.9 Å². The van der Waals surface area contributed by atoms with E-state index in [4.69, 9.17) is 27.9 Å². The second-order valence-electron chi connectivity index (χ2n) is 11.0. The summed E-state index contributed by atoms with van der Waals surface area (Å²) in [5.74, 6) is -0.818. The summed E-state index contributed by atoms with van der Waals surface area (Å²) in [7, 11) is -2.61. The molecule has 0 atom stereocenters. The van der Waals surface area contributed by atoms with E-state index >= 15 is 0 Å². The number of rotatable bonds is 10. The van der Waals surface area contributed by atoms with Gasteiger partial charge in [0.15, 0.2) is 0 Å². The number of nitrogens with one attached hydrogen (secondary N) is 3. The van der Waals surface area contributed by atoms with Gasteiger partial charge in [-0.15, -0.1) is 0 Å². The van der Waals surface area contributed by atoms with Crippen molar-refractivity contribution in [2.24, 2.45) is 0 Å². The second kappa shape index (κ2) is 14.9. The highest BCUT2D eigenvalue weighted by atomic mass is 35.5. The fourth-order valence-electron chi connectivity index (χ4n) is 4.74. The minimum absolute atomic E-state index is 0.00621. The summed E-state index contributed by atoms with van der Waals surface area (Å²) in [4.78, 5) is 44.2. The molecule has 4 amide bonds. The number of likely N-dealkylation sites (N-methyl/N-ethyl adjacent to an activating group) is 1. The number of aromatic nitrogens is 1. The largest absolute Gasteiger partial charge is 0.487 e. The molecule has 1 aromatic heterocycles. The first kappa shape index (κ1) is 35.1. The molecule has 49 heavy (non-hydrogen) atoms. The summed E-state index contributed by atoms with van der Waals surface area (Å²) < 4.78 is 33.3. The normalized spacial score (nSPS) is 11.1. The van der Waals surface area contributed by atoms with Crippen LogP contribution >= 0.6 is 23.2 Å². The molecule has 0 radical (unpaired) electrons. The number of halogens is 2. The van der Waals surface area contributed by atoms with E-state index in [2.05, 4.69) is 15.6 Å². The number of carbonyl (C=O) groups is 3. The first-order valence-corrected chi connectivity index (χ1v) is 17.1. The van der Waals surface area contributed by atoms with Crippen molar-refractivity contribution in [3.8, 4) is 5.75 Å². The van der Waals surface area contributed by atoms with Crippen LogP contribution in [0, 0.1) is 13.8 Å². The van der Waals surface area contributed by atoms with Crippen LogP contribution in [0.15, 0.2) is 95.9 Å². The van der Waals surface area contributed by atoms with Crippen molar-refractivity contribution in [3.63, 3.8) is 0 Å². The van der Waals surface area contributed by atoms with E-state index in [1.54, 1.807) is 30.3 Å². The van der Waals surface area contributed by atoms with E-state index < -0.39 is 34.4 Å². The number of urea groups is 1. The van der Waals surface area contributed by atoms with Crippen LogP contribution in [0.5, 0.6) is 5.75 Å². The molecule has 0 bridgehead atoms. The molecule has 0 saturated heterocycles. The zero-order valence-electron chi connectivity index (χ0n) is 26.6. The molecule has 14 heteroatoms. The molecule has 4 aromatic carbocycles. The Hall–Kier alpha value is -5.17. The summed E-state index contributed by atoms with van der Waals surface area (Å²) in [6.45, 7) is 3.32. The number of carbonyl (C=O) groups excluding carboxylic acids is 3. The number of pyridine rings is 1. The van der Waals surface area contributed by atoms with Gasteiger partial charge in [0.1, 0.15) is 17.9 Å². The number of hydrogen-bond donors (Lipinski definition) is 3. The van der Waals surface area contributed by atoms with Gasteiger partial charge in [-0.1, -0.05) is 65.2 Å². The molecule has 11 nitrogen and oxygen atoms in total. The average Bonchev–Trinajstić information content (AvgIpc) is 3.07. The summed E-state index contributed by atoms with van der Waals surface area (Å²) in [6, 6.07) is 23.6. The lowest BCUT2D eigenvalue weighted by atomic mass is 10.1. The van der Waals surface area contributed by atoms with E-state index in [1.807, 2.05) is 42.8 Å². The van der Waals surface area contributed by atoms with Gasteiger partial charge in [-0.3, -0.25) is 9.59 Å². The molecule has 0 aliphatic carbocycles. The third-order valence-electron chi connectivity index (χ3n) is 7.44. The number of para-hydroxylation sites is 1. The SMILES string of the molecule is Cc1ccc(S(=O)(=O)NC(=O)c2cccc(NC(=O)NCC(=O)N(C)c3ccc(Cl)c(COc4cccc5ccc(C)nc45)c3Cl)c2)cc1. The maximum atomic E-state index is 13.1. The van der Waals surface area contributed by atoms with E-state index in [9.17, 15) is 22.8 Å². The van der Waals surface area contributed by atoms with Crippen molar-refractivity contribution in [2.45, 2.75) is 25.3 Å². The Balaban J connectivity index is 1.19. The van der Waals surface area contributed by atoms with Gasteiger partial charge < -0.3 is 20.3 Å². The molecule has 0 unspecified atom stereocenters. The van der Waals surface area contributed by atoms with Crippen molar-refractivity contribution in [1.29, 1.82) is 0 Å². The van der Waals surface area contributed by atoms with E-state index in [1.165, 1.54) is 48.3 Å². The first-order chi connectivity index (χ1) is 23.3. The van der Waals surface area contributed by atoms with E-state index in [0.29, 0.717) is 27.5 Å². The maximum Gasteiger partial charge on any atom is 0.319 e. The van der Waals surface area contributed by atoms with E-state index in [-0.39, 0.29) is 27.8 Å². The number of hydrogen-bond acceptors (Lipinski definition) is 7. The highest BCUT2D eigenvalue weighted by Gasteiger charge is 2.21. The van der Waals surface area contributed by atoms with Crippen molar-refractivity contribution >= 4 is 73.3 Å². The molecule has 0 fully saturated rings. The van der Waals surface area contributed by atoms with Crippen LogP contribution < -0.4 is 25.0 Å². The molecule has 1 heterocycles. The molecule has 0 spiro atoms. The van der Waals surface area contributed by atoms with Crippen LogP contribution in [0.2, 0.25) is 10.0 Å². The maximum absolute atomic E-state index is 13.1. The number of amides is 4. The second-order valence-corrected chi connectivity index (χ2v) is 13.5. The number of benzene rings is 4. The van der Waals surface area contributed by atoms with Gasteiger partial charge >= 0.3 is 6.03 Å².